The number of imidazole rings is 1. The third-order valence-corrected chi connectivity index (χ3v) is 6.42. The lowest BCUT2D eigenvalue weighted by molar-refractivity contribution is -0.188. The van der Waals surface area contributed by atoms with Gasteiger partial charge in [-0.25, -0.2) is 19.0 Å². The molecule has 0 unspecified atom stereocenters. The Kier molecular flexibility index (Phi) is 7.14. The van der Waals surface area contributed by atoms with E-state index < -0.39 is 55.2 Å². The van der Waals surface area contributed by atoms with Gasteiger partial charge in [0, 0.05) is 6.42 Å². The molecule has 1 aliphatic heterocycles. The highest BCUT2D eigenvalue weighted by atomic mass is 35.5. The monoisotopic (exact) mass is 559 g/mol. The van der Waals surface area contributed by atoms with Gasteiger partial charge >= 0.3 is 11.9 Å². The maximum Gasteiger partial charge on any atom is 0.348 e. The van der Waals surface area contributed by atoms with Crippen molar-refractivity contribution in [2.75, 3.05) is 26.1 Å². The molecule has 1 aromatic carbocycles. The summed E-state index contributed by atoms with van der Waals surface area (Å²) >= 11 is 11.9. The molecule has 13 nitrogen and oxygen atoms in total. The molecule has 3 atom stereocenters. The van der Waals surface area contributed by atoms with Gasteiger partial charge in [-0.3, -0.25) is 4.57 Å². The largest absolute Gasteiger partial charge is 0.495 e. The normalized spacial score (nSPS) is 21.9. The Morgan fingerprint density at radius 3 is 2.65 bits per heavy atom. The van der Waals surface area contributed by atoms with Crippen LogP contribution in [0.15, 0.2) is 24.5 Å². The van der Waals surface area contributed by atoms with Gasteiger partial charge in [-0.1, -0.05) is 17.7 Å². The van der Waals surface area contributed by atoms with Gasteiger partial charge in [0.2, 0.25) is 11.1 Å². The second kappa shape index (κ2) is 9.87. The summed E-state index contributed by atoms with van der Waals surface area (Å²) < 4.78 is 32.6. The summed E-state index contributed by atoms with van der Waals surface area (Å²) in [6.07, 6.45) is -3.04. The number of carboxylic acid groups (broad SMARTS) is 2. The number of carboxylic acids is 2. The van der Waals surface area contributed by atoms with Crippen molar-refractivity contribution in [1.82, 2.24) is 19.5 Å². The SMILES string of the molecule is COc1ccc(CC(OC[C@H]2OC[C@](F)(n3cnc4c(N)nc(Cl)nc43)[C@@H]2O)(C(=O)O)C(=O)O)cc1Cl. The molecule has 3 aromatic rings. The van der Waals surface area contributed by atoms with E-state index in [-0.39, 0.29) is 32.9 Å². The number of hydrogen-bond donors (Lipinski definition) is 4. The lowest BCUT2D eigenvalue weighted by Gasteiger charge is -2.29. The van der Waals surface area contributed by atoms with Crippen molar-refractivity contribution in [3.05, 3.63) is 40.4 Å². The lowest BCUT2D eigenvalue weighted by Crippen LogP contribution is -2.53. The number of aromatic nitrogens is 4. The first-order chi connectivity index (χ1) is 17.4. The highest BCUT2D eigenvalue weighted by Crippen LogP contribution is 2.37. The molecule has 0 bridgehead atoms. The maximum atomic E-state index is 16.0. The zero-order valence-corrected chi connectivity index (χ0v) is 20.5. The fourth-order valence-corrected chi connectivity index (χ4v) is 4.40. The minimum Gasteiger partial charge on any atom is -0.495 e. The molecule has 4 rings (SSSR count). The van der Waals surface area contributed by atoms with Crippen LogP contribution in [0.3, 0.4) is 0 Å². The Balaban J connectivity index is 1.58. The van der Waals surface area contributed by atoms with Gasteiger partial charge < -0.3 is 35.3 Å². The number of methoxy groups -OCH3 is 1. The molecule has 0 radical (unpaired) electrons. The van der Waals surface area contributed by atoms with E-state index in [2.05, 4.69) is 15.0 Å². The number of ether oxygens (including phenoxy) is 3. The van der Waals surface area contributed by atoms with Crippen LogP contribution in [0, 0.1) is 0 Å². The number of aliphatic hydroxyl groups excluding tert-OH is 1. The molecular formula is C21H20Cl2FN5O8. The Labute approximate surface area is 217 Å². The van der Waals surface area contributed by atoms with E-state index in [1.165, 1.54) is 25.3 Å². The first-order valence-electron chi connectivity index (χ1n) is 10.5. The topological polar surface area (TPSA) is 192 Å². The molecule has 16 heteroatoms. The maximum absolute atomic E-state index is 16.0. The third kappa shape index (κ3) is 4.62. The first-order valence-corrected chi connectivity index (χ1v) is 11.3. The molecule has 37 heavy (non-hydrogen) atoms. The van der Waals surface area contributed by atoms with Crippen LogP contribution in [-0.2, 0) is 31.3 Å². The van der Waals surface area contributed by atoms with Gasteiger partial charge in [0.25, 0.3) is 5.60 Å². The Bertz CT molecular complexity index is 1360. The number of anilines is 1. The Morgan fingerprint density at radius 2 is 2.03 bits per heavy atom. The van der Waals surface area contributed by atoms with E-state index in [0.717, 1.165) is 10.9 Å². The fourth-order valence-electron chi connectivity index (χ4n) is 3.95. The number of benzene rings is 1. The van der Waals surface area contributed by atoms with E-state index in [4.69, 9.17) is 43.1 Å². The van der Waals surface area contributed by atoms with Gasteiger partial charge in [0.1, 0.15) is 30.1 Å². The van der Waals surface area contributed by atoms with Crippen molar-refractivity contribution >= 4 is 52.1 Å². The second-order valence-electron chi connectivity index (χ2n) is 8.17. The predicted molar refractivity (Wildman–Crippen MR) is 125 cm³/mol. The fraction of sp³-hybridized carbons (Fsp3) is 0.381. The number of fused-ring (bicyclic) bond motifs is 1. The number of hydrogen-bond acceptors (Lipinski definition) is 10. The third-order valence-electron chi connectivity index (χ3n) is 5.96. The first kappa shape index (κ1) is 26.8. The van der Waals surface area contributed by atoms with E-state index in [0.29, 0.717) is 5.75 Å². The number of rotatable bonds is 9. The van der Waals surface area contributed by atoms with E-state index in [1.807, 2.05) is 0 Å². The summed E-state index contributed by atoms with van der Waals surface area (Å²) in [6.45, 7) is -1.52. The van der Waals surface area contributed by atoms with Gasteiger partial charge in [0.05, 0.1) is 25.1 Å². The molecule has 1 aliphatic rings. The zero-order valence-electron chi connectivity index (χ0n) is 19.0. The number of aliphatic carboxylic acids is 2. The Hall–Kier alpha value is -3.30. The molecule has 1 saturated heterocycles. The number of aliphatic hydroxyl groups is 1. The number of nitrogens with two attached hydrogens (primary N) is 1. The molecule has 198 valence electrons. The Morgan fingerprint density at radius 1 is 1.32 bits per heavy atom. The summed E-state index contributed by atoms with van der Waals surface area (Å²) in [4.78, 5) is 35.8. The molecule has 0 spiro atoms. The number of nitrogens with zero attached hydrogens (tertiary/aromatic N) is 4. The van der Waals surface area contributed by atoms with Crippen LogP contribution < -0.4 is 10.5 Å². The predicted octanol–water partition coefficient (Wildman–Crippen LogP) is 1.27. The number of carbonyl (C=O) groups is 2. The van der Waals surface area contributed by atoms with Crippen molar-refractivity contribution in [3.8, 4) is 5.75 Å². The molecule has 0 aliphatic carbocycles. The number of nitrogen functional groups attached to an aromatic ring is 1. The summed E-state index contributed by atoms with van der Waals surface area (Å²) in [7, 11) is 1.38. The molecular weight excluding hydrogens is 540 g/mol. The van der Waals surface area contributed by atoms with Crippen molar-refractivity contribution in [3.63, 3.8) is 0 Å². The van der Waals surface area contributed by atoms with Crippen LogP contribution in [0.25, 0.3) is 11.2 Å². The average Bonchev–Trinajstić information content (AvgIpc) is 3.38. The standard InChI is InChI=1S/C21H20Cl2FN5O8/c1-35-11-3-2-9(4-10(11)22)5-20(17(31)32,18(33)34)37-6-12-14(30)21(24,7-36-12)29-8-26-13-15(25)27-19(23)28-16(13)29/h2-4,8,12,14,30H,5-7H2,1H3,(H,31,32)(H,33,34)(H2,25,27,28)/t12-,14-,21+/m1/s1. The van der Waals surface area contributed by atoms with E-state index >= 15 is 4.39 Å². The summed E-state index contributed by atoms with van der Waals surface area (Å²) in [5, 5.41) is 30.2. The lowest BCUT2D eigenvalue weighted by atomic mass is 9.94. The highest BCUT2D eigenvalue weighted by molar-refractivity contribution is 6.32. The van der Waals surface area contributed by atoms with Crippen molar-refractivity contribution in [2.24, 2.45) is 0 Å². The van der Waals surface area contributed by atoms with Gasteiger partial charge in [0.15, 0.2) is 11.5 Å². The average molecular weight is 560 g/mol. The summed E-state index contributed by atoms with van der Waals surface area (Å²) in [5.41, 5.74) is 3.06. The highest BCUT2D eigenvalue weighted by Gasteiger charge is 2.55. The smallest absolute Gasteiger partial charge is 0.348 e. The van der Waals surface area contributed by atoms with Crippen LogP contribution in [0.1, 0.15) is 5.56 Å². The van der Waals surface area contributed by atoms with Crippen LogP contribution in [0.4, 0.5) is 10.2 Å². The van der Waals surface area contributed by atoms with Crippen molar-refractivity contribution in [1.29, 1.82) is 0 Å². The molecule has 2 aromatic heterocycles. The minimum atomic E-state index is -2.81. The van der Waals surface area contributed by atoms with Gasteiger partial charge in [-0.15, -0.1) is 0 Å². The molecule has 5 N–H and O–H groups in total. The number of halogens is 3. The zero-order chi connectivity index (χ0) is 27.1. The van der Waals surface area contributed by atoms with Gasteiger partial charge in [-0.05, 0) is 29.3 Å². The molecule has 0 saturated carbocycles. The van der Waals surface area contributed by atoms with E-state index in [1.54, 1.807) is 0 Å². The second-order valence-corrected chi connectivity index (χ2v) is 8.92. The quantitative estimate of drug-likeness (QED) is 0.217. The molecule has 1 fully saturated rings. The van der Waals surface area contributed by atoms with Crippen LogP contribution in [0.5, 0.6) is 5.75 Å². The van der Waals surface area contributed by atoms with Crippen LogP contribution in [-0.4, -0.2) is 84.9 Å². The van der Waals surface area contributed by atoms with Crippen LogP contribution >= 0.6 is 23.2 Å². The number of alkyl halides is 1. The molecule has 3 heterocycles. The summed E-state index contributed by atoms with van der Waals surface area (Å²) in [5.74, 6) is -6.12. The molecule has 0 amide bonds. The summed E-state index contributed by atoms with van der Waals surface area (Å²) in [6, 6.07) is 4.19. The van der Waals surface area contributed by atoms with Gasteiger partial charge in [-0.2, -0.15) is 9.97 Å². The van der Waals surface area contributed by atoms with E-state index in [9.17, 15) is 24.9 Å². The minimum absolute atomic E-state index is 0.0299. The van der Waals surface area contributed by atoms with Crippen LogP contribution in [0.2, 0.25) is 10.3 Å². The van der Waals surface area contributed by atoms with Crippen molar-refractivity contribution in [2.45, 2.75) is 30.0 Å². The van der Waals surface area contributed by atoms with Crippen molar-refractivity contribution < 1.29 is 43.5 Å².